The third kappa shape index (κ3) is 1.83. The van der Waals surface area contributed by atoms with Crippen LogP contribution in [0.3, 0.4) is 0 Å². The Balaban J connectivity index is 1.77. The number of phenols is 1. The summed E-state index contributed by atoms with van der Waals surface area (Å²) in [6, 6.07) is 7.67. The molecule has 0 saturated heterocycles. The van der Waals surface area contributed by atoms with Crippen molar-refractivity contribution in [1.82, 2.24) is 0 Å². The van der Waals surface area contributed by atoms with E-state index in [1.165, 1.54) is 18.4 Å². The molecular formula is C16H22O2. The highest BCUT2D eigenvalue weighted by Gasteiger charge is 2.48. The normalized spacial score (nSPS) is 39.6. The second kappa shape index (κ2) is 4.27. The molecule has 2 heteroatoms. The third-order valence-corrected chi connectivity index (χ3v) is 5.45. The van der Waals surface area contributed by atoms with Gasteiger partial charge in [-0.15, -0.1) is 0 Å². The van der Waals surface area contributed by atoms with Crippen molar-refractivity contribution in [2.45, 2.75) is 51.0 Å². The van der Waals surface area contributed by atoms with E-state index in [-0.39, 0.29) is 11.5 Å². The fourth-order valence-corrected chi connectivity index (χ4v) is 4.04. The van der Waals surface area contributed by atoms with Crippen LogP contribution < -0.4 is 0 Å². The topological polar surface area (TPSA) is 40.5 Å². The van der Waals surface area contributed by atoms with Gasteiger partial charge in [0.2, 0.25) is 0 Å². The van der Waals surface area contributed by atoms with Crippen LogP contribution in [0.1, 0.15) is 50.5 Å². The Morgan fingerprint density at radius 1 is 1.11 bits per heavy atom. The SMILES string of the molecule is C[C@]12CC[C@@H](c3ccc(O)cc3)C[C@H]1CC[C@@H]2O. The summed E-state index contributed by atoms with van der Waals surface area (Å²) < 4.78 is 0. The number of hydrogen-bond acceptors (Lipinski definition) is 2. The second-order valence-corrected chi connectivity index (χ2v) is 6.36. The number of hydrogen-bond donors (Lipinski definition) is 2. The number of benzene rings is 1. The molecule has 2 fully saturated rings. The maximum atomic E-state index is 10.1. The number of aromatic hydroxyl groups is 1. The predicted octanol–water partition coefficient (Wildman–Crippen LogP) is 3.44. The van der Waals surface area contributed by atoms with Crippen LogP contribution in [0.25, 0.3) is 0 Å². The fourth-order valence-electron chi connectivity index (χ4n) is 4.04. The summed E-state index contributed by atoms with van der Waals surface area (Å²) in [7, 11) is 0. The average Bonchev–Trinajstić information content (AvgIpc) is 2.66. The lowest BCUT2D eigenvalue weighted by molar-refractivity contribution is 0.00872. The van der Waals surface area contributed by atoms with Crippen molar-refractivity contribution in [2.24, 2.45) is 11.3 Å². The smallest absolute Gasteiger partial charge is 0.115 e. The molecule has 0 amide bonds. The number of aliphatic hydroxyl groups is 1. The van der Waals surface area contributed by atoms with E-state index in [0.29, 0.717) is 17.6 Å². The minimum absolute atomic E-state index is 0.0942. The Labute approximate surface area is 109 Å². The molecule has 1 aromatic rings. The van der Waals surface area contributed by atoms with Gasteiger partial charge in [-0.2, -0.15) is 0 Å². The Bertz CT molecular complexity index is 425. The lowest BCUT2D eigenvalue weighted by Crippen LogP contribution is -2.36. The van der Waals surface area contributed by atoms with Crippen LogP contribution in [-0.2, 0) is 0 Å². The molecule has 0 spiro atoms. The molecule has 1 aromatic carbocycles. The molecule has 0 radical (unpaired) electrons. The van der Waals surface area contributed by atoms with Gasteiger partial charge in [-0.3, -0.25) is 0 Å². The molecule has 18 heavy (non-hydrogen) atoms. The van der Waals surface area contributed by atoms with Crippen molar-refractivity contribution < 1.29 is 10.2 Å². The Morgan fingerprint density at radius 2 is 1.83 bits per heavy atom. The van der Waals surface area contributed by atoms with Gasteiger partial charge in [0.15, 0.2) is 0 Å². The predicted molar refractivity (Wildman–Crippen MR) is 71.5 cm³/mol. The van der Waals surface area contributed by atoms with E-state index in [0.717, 1.165) is 19.3 Å². The van der Waals surface area contributed by atoms with Crippen LogP contribution in [0.5, 0.6) is 5.75 Å². The molecule has 4 atom stereocenters. The molecule has 2 nitrogen and oxygen atoms in total. The first kappa shape index (κ1) is 12.0. The van der Waals surface area contributed by atoms with Gasteiger partial charge < -0.3 is 10.2 Å². The molecule has 0 unspecified atom stereocenters. The molecule has 0 aromatic heterocycles. The van der Waals surface area contributed by atoms with E-state index in [9.17, 15) is 10.2 Å². The zero-order chi connectivity index (χ0) is 12.8. The maximum Gasteiger partial charge on any atom is 0.115 e. The summed E-state index contributed by atoms with van der Waals surface area (Å²) in [5.41, 5.74) is 1.50. The van der Waals surface area contributed by atoms with Gasteiger partial charge in [-0.05, 0) is 67.1 Å². The van der Waals surface area contributed by atoms with Crippen LogP contribution in [-0.4, -0.2) is 16.3 Å². The minimum atomic E-state index is -0.0942. The highest BCUT2D eigenvalue weighted by atomic mass is 16.3. The Morgan fingerprint density at radius 3 is 2.56 bits per heavy atom. The quantitative estimate of drug-likeness (QED) is 0.797. The van der Waals surface area contributed by atoms with Gasteiger partial charge in [0.05, 0.1) is 6.10 Å². The summed E-state index contributed by atoms with van der Waals surface area (Å²) in [5.74, 6) is 1.62. The van der Waals surface area contributed by atoms with E-state index < -0.39 is 0 Å². The molecule has 0 bridgehead atoms. The number of fused-ring (bicyclic) bond motifs is 1. The third-order valence-electron chi connectivity index (χ3n) is 5.45. The summed E-state index contributed by atoms with van der Waals surface area (Å²) in [4.78, 5) is 0. The van der Waals surface area contributed by atoms with E-state index in [1.54, 1.807) is 12.1 Å². The van der Waals surface area contributed by atoms with Crippen molar-refractivity contribution in [1.29, 1.82) is 0 Å². The van der Waals surface area contributed by atoms with Gasteiger partial charge in [0.1, 0.15) is 5.75 Å². The van der Waals surface area contributed by atoms with Crippen molar-refractivity contribution >= 4 is 0 Å². The zero-order valence-corrected chi connectivity index (χ0v) is 11.0. The number of aliphatic hydroxyl groups excluding tert-OH is 1. The minimum Gasteiger partial charge on any atom is -0.508 e. The zero-order valence-electron chi connectivity index (χ0n) is 11.0. The average molecular weight is 246 g/mol. The van der Waals surface area contributed by atoms with Crippen LogP contribution >= 0.6 is 0 Å². The van der Waals surface area contributed by atoms with Gasteiger partial charge in [0, 0.05) is 0 Å². The van der Waals surface area contributed by atoms with E-state index in [2.05, 4.69) is 6.92 Å². The second-order valence-electron chi connectivity index (χ2n) is 6.36. The van der Waals surface area contributed by atoms with Crippen molar-refractivity contribution in [2.75, 3.05) is 0 Å². The van der Waals surface area contributed by atoms with Crippen molar-refractivity contribution in [3.05, 3.63) is 29.8 Å². The van der Waals surface area contributed by atoms with Gasteiger partial charge in [0.25, 0.3) is 0 Å². The lowest BCUT2D eigenvalue weighted by atomic mass is 9.64. The monoisotopic (exact) mass is 246 g/mol. The molecule has 98 valence electrons. The highest BCUT2D eigenvalue weighted by molar-refractivity contribution is 5.29. The van der Waals surface area contributed by atoms with Gasteiger partial charge in [-0.1, -0.05) is 19.1 Å². The Kier molecular flexibility index (Phi) is 2.86. The van der Waals surface area contributed by atoms with Crippen LogP contribution in [0.4, 0.5) is 0 Å². The van der Waals surface area contributed by atoms with Crippen LogP contribution in [0.2, 0.25) is 0 Å². The summed E-state index contributed by atoms with van der Waals surface area (Å²) >= 11 is 0. The first-order chi connectivity index (χ1) is 8.59. The van der Waals surface area contributed by atoms with Crippen LogP contribution in [0.15, 0.2) is 24.3 Å². The molecule has 2 aliphatic carbocycles. The van der Waals surface area contributed by atoms with E-state index in [4.69, 9.17) is 0 Å². The van der Waals surface area contributed by atoms with Crippen LogP contribution in [0, 0.1) is 11.3 Å². The molecule has 2 aliphatic rings. The summed E-state index contributed by atoms with van der Waals surface area (Å²) in [5, 5.41) is 19.5. The molecular weight excluding hydrogens is 224 g/mol. The van der Waals surface area contributed by atoms with Gasteiger partial charge >= 0.3 is 0 Å². The number of rotatable bonds is 1. The number of phenolic OH excluding ortho intramolecular Hbond substituents is 1. The highest BCUT2D eigenvalue weighted by Crippen LogP contribution is 2.55. The molecule has 2 N–H and O–H groups in total. The largest absolute Gasteiger partial charge is 0.508 e. The molecule has 3 rings (SSSR count). The summed E-state index contributed by atoms with van der Waals surface area (Å²) in [6.07, 6.45) is 5.54. The maximum absolute atomic E-state index is 10.1. The van der Waals surface area contributed by atoms with Crippen molar-refractivity contribution in [3.8, 4) is 5.75 Å². The standard InChI is InChI=1S/C16H22O2/c1-16-9-8-12(10-13(16)4-7-15(16)18)11-2-5-14(17)6-3-11/h2-3,5-6,12-13,15,17-18H,4,7-10H2,1H3/t12-,13-,15+,16+/m1/s1. The molecule has 0 heterocycles. The Hall–Kier alpha value is -1.02. The fraction of sp³-hybridized carbons (Fsp3) is 0.625. The lowest BCUT2D eigenvalue weighted by Gasteiger charge is -2.42. The van der Waals surface area contributed by atoms with E-state index in [1.807, 2.05) is 12.1 Å². The first-order valence-corrected chi connectivity index (χ1v) is 7.06. The van der Waals surface area contributed by atoms with Gasteiger partial charge in [-0.25, -0.2) is 0 Å². The first-order valence-electron chi connectivity index (χ1n) is 7.06. The van der Waals surface area contributed by atoms with Crippen molar-refractivity contribution in [3.63, 3.8) is 0 Å². The summed E-state index contributed by atoms with van der Waals surface area (Å²) in [6.45, 7) is 2.27. The molecule has 0 aliphatic heterocycles. The molecule has 2 saturated carbocycles. The van der Waals surface area contributed by atoms with E-state index >= 15 is 0 Å².